The van der Waals surface area contributed by atoms with Gasteiger partial charge in [0.15, 0.2) is 0 Å². The van der Waals surface area contributed by atoms with Crippen LogP contribution in [0.4, 0.5) is 0 Å². The van der Waals surface area contributed by atoms with Gasteiger partial charge in [0.25, 0.3) is 0 Å². The zero-order chi connectivity index (χ0) is 16.9. The second-order valence-corrected chi connectivity index (χ2v) is 6.07. The molecule has 0 saturated carbocycles. The van der Waals surface area contributed by atoms with Gasteiger partial charge in [-0.25, -0.2) is 4.98 Å². The molecule has 0 unspecified atom stereocenters. The lowest BCUT2D eigenvalue weighted by molar-refractivity contribution is -0.126. The average Bonchev–Trinajstić information content (AvgIpc) is 3.09. The van der Waals surface area contributed by atoms with Crippen molar-refractivity contribution in [2.75, 3.05) is 20.2 Å². The molecule has 0 bridgehead atoms. The summed E-state index contributed by atoms with van der Waals surface area (Å²) >= 11 is 0. The Morgan fingerprint density at radius 1 is 1.33 bits per heavy atom. The Hall–Kier alpha value is -2.34. The van der Waals surface area contributed by atoms with E-state index < -0.39 is 0 Å². The number of aromatic nitrogens is 2. The maximum Gasteiger partial charge on any atom is 0.237 e. The summed E-state index contributed by atoms with van der Waals surface area (Å²) < 4.78 is 7.29. The minimum Gasteiger partial charge on any atom is -0.497 e. The molecule has 1 N–H and O–H groups in total. The van der Waals surface area contributed by atoms with Gasteiger partial charge < -0.3 is 14.6 Å². The van der Waals surface area contributed by atoms with Crippen molar-refractivity contribution in [3.63, 3.8) is 0 Å². The smallest absolute Gasteiger partial charge is 0.237 e. The molecule has 1 amide bonds. The lowest BCUT2D eigenvalue weighted by atomic mass is 10.1. The van der Waals surface area contributed by atoms with Gasteiger partial charge in [0.1, 0.15) is 11.6 Å². The van der Waals surface area contributed by atoms with Crippen LogP contribution in [0.25, 0.3) is 0 Å². The first kappa shape index (κ1) is 16.5. The monoisotopic (exact) mass is 328 g/mol. The molecule has 0 radical (unpaired) electrons. The summed E-state index contributed by atoms with van der Waals surface area (Å²) in [5, 5.41) is 3.04. The first-order valence-corrected chi connectivity index (χ1v) is 8.32. The number of rotatable bonds is 6. The van der Waals surface area contributed by atoms with Gasteiger partial charge in [-0.1, -0.05) is 12.1 Å². The summed E-state index contributed by atoms with van der Waals surface area (Å²) in [5.74, 6) is 1.95. The molecule has 1 aliphatic heterocycles. The number of methoxy groups -OCH3 is 1. The van der Waals surface area contributed by atoms with Crippen molar-refractivity contribution in [2.45, 2.75) is 32.5 Å². The predicted octanol–water partition coefficient (Wildman–Crippen LogP) is 1.45. The lowest BCUT2D eigenvalue weighted by Gasteiger charge is -2.31. The van der Waals surface area contributed by atoms with Crippen molar-refractivity contribution < 1.29 is 9.53 Å². The van der Waals surface area contributed by atoms with Crippen LogP contribution in [-0.4, -0.2) is 46.6 Å². The molecule has 1 atom stereocenters. The zero-order valence-corrected chi connectivity index (χ0v) is 14.2. The number of nitrogens with zero attached hydrogens (tertiary/aromatic N) is 3. The third kappa shape index (κ3) is 3.76. The summed E-state index contributed by atoms with van der Waals surface area (Å²) in [6.45, 7) is 5.08. The third-order valence-electron chi connectivity index (χ3n) is 4.57. The van der Waals surface area contributed by atoms with Crippen LogP contribution in [0, 0.1) is 0 Å². The molecule has 6 heteroatoms. The lowest BCUT2D eigenvalue weighted by Crippen LogP contribution is -2.48. The minimum atomic E-state index is -0.147. The van der Waals surface area contributed by atoms with E-state index in [1.165, 1.54) is 5.56 Å². The van der Waals surface area contributed by atoms with E-state index in [-0.39, 0.29) is 11.9 Å². The van der Waals surface area contributed by atoms with Crippen LogP contribution < -0.4 is 10.1 Å². The normalized spacial score (nSPS) is 15.6. The molecule has 0 spiro atoms. The number of imidazole rings is 1. The van der Waals surface area contributed by atoms with Gasteiger partial charge in [-0.05, 0) is 31.0 Å². The van der Waals surface area contributed by atoms with E-state index in [0.29, 0.717) is 6.54 Å². The molecule has 3 rings (SSSR count). The van der Waals surface area contributed by atoms with E-state index in [1.54, 1.807) is 7.11 Å². The molecule has 0 fully saturated rings. The first-order valence-electron chi connectivity index (χ1n) is 8.32. The highest BCUT2D eigenvalue weighted by Gasteiger charge is 2.25. The molecular formula is C18H24N4O2. The van der Waals surface area contributed by atoms with Gasteiger partial charge in [-0.15, -0.1) is 0 Å². The van der Waals surface area contributed by atoms with E-state index in [9.17, 15) is 4.79 Å². The Morgan fingerprint density at radius 2 is 2.12 bits per heavy atom. The van der Waals surface area contributed by atoms with Crippen LogP contribution in [0.3, 0.4) is 0 Å². The maximum atomic E-state index is 12.4. The fourth-order valence-corrected chi connectivity index (χ4v) is 2.96. The van der Waals surface area contributed by atoms with Crippen molar-refractivity contribution in [1.82, 2.24) is 19.8 Å². The SMILES string of the molecule is COc1ccc(CCNC(=O)[C@@H](C)N2CCn3ccnc3C2)cc1. The highest BCUT2D eigenvalue weighted by atomic mass is 16.5. The number of amides is 1. The first-order chi connectivity index (χ1) is 11.7. The summed E-state index contributed by atoms with van der Waals surface area (Å²) in [7, 11) is 1.66. The molecule has 6 nitrogen and oxygen atoms in total. The molecule has 1 aromatic heterocycles. The quantitative estimate of drug-likeness (QED) is 0.872. The molecule has 0 aliphatic carbocycles. The van der Waals surface area contributed by atoms with Gasteiger partial charge in [0.05, 0.1) is 19.7 Å². The van der Waals surface area contributed by atoms with Gasteiger partial charge >= 0.3 is 0 Å². The molecule has 2 aromatic rings. The summed E-state index contributed by atoms with van der Waals surface area (Å²) in [4.78, 5) is 18.9. The second-order valence-electron chi connectivity index (χ2n) is 6.07. The van der Waals surface area contributed by atoms with Crippen molar-refractivity contribution in [2.24, 2.45) is 0 Å². The molecular weight excluding hydrogens is 304 g/mol. The number of fused-ring (bicyclic) bond motifs is 1. The van der Waals surface area contributed by atoms with E-state index in [4.69, 9.17) is 4.74 Å². The maximum absolute atomic E-state index is 12.4. The Morgan fingerprint density at radius 3 is 2.88 bits per heavy atom. The second kappa shape index (κ2) is 7.49. The number of nitrogens with one attached hydrogen (secondary N) is 1. The van der Waals surface area contributed by atoms with E-state index in [0.717, 1.165) is 37.6 Å². The Balaban J connectivity index is 1.46. The number of carbonyl (C=O) groups excluding carboxylic acids is 1. The van der Waals surface area contributed by atoms with Crippen molar-refractivity contribution >= 4 is 5.91 Å². The molecule has 1 aliphatic rings. The zero-order valence-electron chi connectivity index (χ0n) is 14.2. The van der Waals surface area contributed by atoms with E-state index >= 15 is 0 Å². The number of ether oxygens (including phenoxy) is 1. The van der Waals surface area contributed by atoms with Crippen molar-refractivity contribution in [3.8, 4) is 5.75 Å². The van der Waals surface area contributed by atoms with Gasteiger partial charge in [0.2, 0.25) is 5.91 Å². The molecule has 1 aromatic carbocycles. The number of benzene rings is 1. The van der Waals surface area contributed by atoms with Crippen LogP contribution in [0.15, 0.2) is 36.7 Å². The van der Waals surface area contributed by atoms with Crippen molar-refractivity contribution in [1.29, 1.82) is 0 Å². The molecule has 24 heavy (non-hydrogen) atoms. The predicted molar refractivity (Wildman–Crippen MR) is 91.8 cm³/mol. The molecule has 128 valence electrons. The van der Waals surface area contributed by atoms with Gasteiger partial charge in [0, 0.05) is 32.0 Å². The summed E-state index contributed by atoms with van der Waals surface area (Å²) in [6, 6.07) is 7.79. The molecule has 0 saturated heterocycles. The topological polar surface area (TPSA) is 59.4 Å². The Labute approximate surface area is 142 Å². The highest BCUT2D eigenvalue weighted by molar-refractivity contribution is 5.81. The van der Waals surface area contributed by atoms with Crippen LogP contribution >= 0.6 is 0 Å². The largest absolute Gasteiger partial charge is 0.497 e. The van der Waals surface area contributed by atoms with Crippen molar-refractivity contribution in [3.05, 3.63) is 48.0 Å². The summed E-state index contributed by atoms with van der Waals surface area (Å²) in [5.41, 5.74) is 1.18. The van der Waals surface area contributed by atoms with Gasteiger partial charge in [-0.3, -0.25) is 9.69 Å². The van der Waals surface area contributed by atoms with Crippen LogP contribution in [0.5, 0.6) is 5.75 Å². The summed E-state index contributed by atoms with van der Waals surface area (Å²) in [6.07, 6.45) is 4.62. The van der Waals surface area contributed by atoms with Gasteiger partial charge in [-0.2, -0.15) is 0 Å². The Bertz CT molecular complexity index is 681. The number of hydrogen-bond acceptors (Lipinski definition) is 4. The standard InChI is InChI=1S/C18H24N4O2/c1-14(22-12-11-21-10-9-19-17(21)13-22)18(23)20-8-7-15-3-5-16(24-2)6-4-15/h3-6,9-10,14H,7-8,11-13H2,1-2H3,(H,20,23)/t14-/m1/s1. The van der Waals surface area contributed by atoms with Crippen LogP contribution in [-0.2, 0) is 24.3 Å². The fourth-order valence-electron chi connectivity index (χ4n) is 2.96. The minimum absolute atomic E-state index is 0.0727. The highest BCUT2D eigenvalue weighted by Crippen LogP contribution is 2.14. The van der Waals surface area contributed by atoms with Crippen LogP contribution in [0.1, 0.15) is 18.3 Å². The van der Waals surface area contributed by atoms with E-state index in [1.807, 2.05) is 43.6 Å². The average molecular weight is 328 g/mol. The number of hydrogen-bond donors (Lipinski definition) is 1. The Kier molecular flexibility index (Phi) is 5.15. The molecule has 2 heterocycles. The number of carbonyl (C=O) groups is 1. The fraction of sp³-hybridized carbons (Fsp3) is 0.444. The van der Waals surface area contributed by atoms with E-state index in [2.05, 4.69) is 19.8 Å². The van der Waals surface area contributed by atoms with Crippen LogP contribution in [0.2, 0.25) is 0 Å². The third-order valence-corrected chi connectivity index (χ3v) is 4.57.